The van der Waals surface area contributed by atoms with Crippen molar-refractivity contribution in [2.45, 2.75) is 52.3 Å². The molecule has 0 radical (unpaired) electrons. The first kappa shape index (κ1) is 34.1. The van der Waals surface area contributed by atoms with Crippen molar-refractivity contribution in [1.82, 2.24) is 10.3 Å². The van der Waals surface area contributed by atoms with Crippen molar-refractivity contribution in [1.29, 1.82) is 0 Å². The molecule has 3 amide bonds. The van der Waals surface area contributed by atoms with Crippen LogP contribution < -0.4 is 15.5 Å². The summed E-state index contributed by atoms with van der Waals surface area (Å²) in [5.41, 5.74) is 2.30. The van der Waals surface area contributed by atoms with Crippen LogP contribution in [0.1, 0.15) is 66.6 Å². The van der Waals surface area contributed by atoms with Gasteiger partial charge in [0.1, 0.15) is 5.82 Å². The fourth-order valence-electron chi connectivity index (χ4n) is 4.99. The number of alkyl halides is 3. The van der Waals surface area contributed by atoms with E-state index in [1.54, 1.807) is 36.4 Å². The fourth-order valence-corrected chi connectivity index (χ4v) is 5.96. The normalized spacial score (nSPS) is 13.0. The number of aliphatic carboxylic acids is 1. The number of halogens is 4. The summed E-state index contributed by atoms with van der Waals surface area (Å²) in [6.45, 7) is 0.00174. The van der Waals surface area contributed by atoms with E-state index in [0.29, 0.717) is 34.2 Å². The average Bonchev–Trinajstić information content (AvgIpc) is 3.41. The van der Waals surface area contributed by atoms with Crippen molar-refractivity contribution < 1.29 is 37.1 Å². The van der Waals surface area contributed by atoms with Crippen LogP contribution >= 0.6 is 11.3 Å². The zero-order chi connectivity index (χ0) is 32.1. The van der Waals surface area contributed by atoms with Crippen molar-refractivity contribution in [3.8, 4) is 0 Å². The number of hydrogen-bond acceptors (Lipinski definition) is 5. The first-order valence-electron chi connectivity index (χ1n) is 14.1. The molecule has 3 aromatic carbocycles. The van der Waals surface area contributed by atoms with Gasteiger partial charge in [-0.2, -0.15) is 13.2 Å². The number of nitrogens with zero attached hydrogens (tertiary/aromatic N) is 2. The number of carboxylic acid groups (broad SMARTS) is 1. The maximum Gasteiger partial charge on any atom is 0.417 e. The molecule has 0 unspecified atom stereocenters. The molecule has 0 aliphatic heterocycles. The number of amides is 3. The Kier molecular flexibility index (Phi) is 10.8. The molecule has 1 aromatic heterocycles. The Morgan fingerprint density at radius 3 is 2.35 bits per heavy atom. The molecule has 0 bridgehead atoms. The topological polar surface area (TPSA) is 112 Å². The van der Waals surface area contributed by atoms with E-state index in [9.17, 15) is 31.9 Å². The highest BCUT2D eigenvalue weighted by Crippen LogP contribution is 2.39. The van der Waals surface area contributed by atoms with E-state index in [-0.39, 0.29) is 42.3 Å². The number of carboxylic acids is 1. The summed E-state index contributed by atoms with van der Waals surface area (Å²) in [6.07, 6.45) is 1.37. The number of anilines is 2. The van der Waals surface area contributed by atoms with Crippen molar-refractivity contribution >= 4 is 55.9 Å². The number of urea groups is 1. The van der Waals surface area contributed by atoms with Crippen LogP contribution in [0.15, 0.2) is 66.7 Å². The van der Waals surface area contributed by atoms with Gasteiger partial charge in [-0.05, 0) is 72.7 Å². The van der Waals surface area contributed by atoms with Crippen LogP contribution in [0.25, 0.3) is 15.8 Å². The van der Waals surface area contributed by atoms with Crippen molar-refractivity contribution in [2.24, 2.45) is 0 Å². The molecule has 0 atom stereocenters. The highest BCUT2D eigenvalue weighted by molar-refractivity contribution is 7.22. The lowest BCUT2D eigenvalue weighted by molar-refractivity contribution is -0.137. The first-order chi connectivity index (χ1) is 21.5. The zero-order valence-electron chi connectivity index (χ0n) is 23.8. The fraction of sp³-hybridized carbons (Fsp3) is 0.273. The maximum atomic E-state index is 13.9. The number of fused-ring (bicyclic) bond motifs is 1. The molecule has 13 heteroatoms. The second-order valence-electron chi connectivity index (χ2n) is 10.5. The Balaban J connectivity index is 0.00000480. The Labute approximate surface area is 266 Å². The van der Waals surface area contributed by atoms with Gasteiger partial charge in [0, 0.05) is 23.9 Å². The van der Waals surface area contributed by atoms with Crippen LogP contribution in [0.4, 0.5) is 33.2 Å². The van der Waals surface area contributed by atoms with Gasteiger partial charge in [-0.1, -0.05) is 49.1 Å². The zero-order valence-corrected chi connectivity index (χ0v) is 24.6. The van der Waals surface area contributed by atoms with Crippen LogP contribution in [0.3, 0.4) is 0 Å². The van der Waals surface area contributed by atoms with Crippen LogP contribution in [0, 0.1) is 5.82 Å². The molecule has 0 saturated heterocycles. The van der Waals surface area contributed by atoms with Gasteiger partial charge in [-0.3, -0.25) is 19.8 Å². The van der Waals surface area contributed by atoms with Crippen LogP contribution in [0.2, 0.25) is 0 Å². The van der Waals surface area contributed by atoms with Gasteiger partial charge < -0.3 is 10.4 Å². The van der Waals surface area contributed by atoms with E-state index in [1.165, 1.54) is 10.5 Å². The van der Waals surface area contributed by atoms with Gasteiger partial charge in [-0.15, -0.1) is 0 Å². The number of allylic oxidation sites excluding steroid dienone is 2. The second kappa shape index (κ2) is 14.5. The molecule has 0 spiro atoms. The van der Waals surface area contributed by atoms with E-state index in [1.807, 2.05) is 12.1 Å². The van der Waals surface area contributed by atoms with E-state index < -0.39 is 35.5 Å². The van der Waals surface area contributed by atoms with Gasteiger partial charge in [0.15, 0.2) is 5.13 Å². The molecule has 8 nitrogen and oxygen atoms in total. The minimum absolute atomic E-state index is 0. The monoisotopic (exact) mass is 656 g/mol. The lowest BCUT2D eigenvalue weighted by Gasteiger charge is -2.23. The Morgan fingerprint density at radius 1 is 1.00 bits per heavy atom. The number of benzene rings is 3. The summed E-state index contributed by atoms with van der Waals surface area (Å²) in [5, 5.41) is 13.7. The Morgan fingerprint density at radius 2 is 1.72 bits per heavy atom. The third-order valence-corrected chi connectivity index (χ3v) is 8.26. The van der Waals surface area contributed by atoms with Crippen molar-refractivity contribution in [2.75, 3.05) is 16.8 Å². The molecule has 0 fully saturated rings. The Bertz CT molecular complexity index is 1750. The third kappa shape index (κ3) is 8.27. The molecule has 1 aliphatic carbocycles. The molecule has 46 heavy (non-hydrogen) atoms. The number of thiazole rings is 1. The number of rotatable bonds is 9. The lowest BCUT2D eigenvalue weighted by Crippen LogP contribution is -2.34. The summed E-state index contributed by atoms with van der Waals surface area (Å²) >= 11 is 0.596. The van der Waals surface area contributed by atoms with Gasteiger partial charge in [-0.25, -0.2) is 14.2 Å². The van der Waals surface area contributed by atoms with Crippen LogP contribution in [0.5, 0.6) is 0 Å². The summed E-state index contributed by atoms with van der Waals surface area (Å²) in [6, 6.07) is 14.4. The number of nitrogens with one attached hydrogen (secondary N) is 2. The predicted octanol–water partition coefficient (Wildman–Crippen LogP) is 8.49. The van der Waals surface area contributed by atoms with Gasteiger partial charge in [0.2, 0.25) is 0 Å². The number of aromatic nitrogens is 1. The van der Waals surface area contributed by atoms with Crippen LogP contribution in [-0.2, 0) is 17.5 Å². The maximum absolute atomic E-state index is 13.9. The molecule has 3 N–H and O–H groups in total. The van der Waals surface area contributed by atoms with Crippen molar-refractivity contribution in [3.05, 3.63) is 94.8 Å². The molecular weight excluding hydrogens is 624 g/mol. The molecule has 1 aliphatic rings. The first-order valence-corrected chi connectivity index (χ1v) is 14.9. The summed E-state index contributed by atoms with van der Waals surface area (Å²) in [4.78, 5) is 42.1. The third-order valence-electron chi connectivity index (χ3n) is 7.24. The Hall–Kier alpha value is -4.78. The largest absolute Gasteiger partial charge is 0.481 e. The van der Waals surface area contributed by atoms with Gasteiger partial charge >= 0.3 is 18.2 Å². The molecule has 0 saturated carbocycles. The molecule has 5 rings (SSSR count). The number of hydrogen-bond donors (Lipinski definition) is 3. The SMILES string of the molecule is C.O=C(O)CCNC(=O)c1ccc(CN(C(=O)Nc2nc3cc(F)cc(C(F)(F)F)c3s2)c2ccc(C3=CCCCC3)cc2)cc1. The van der Waals surface area contributed by atoms with E-state index >= 15 is 0 Å². The van der Waals surface area contributed by atoms with Crippen molar-refractivity contribution in [3.63, 3.8) is 0 Å². The smallest absolute Gasteiger partial charge is 0.417 e. The quantitative estimate of drug-likeness (QED) is 0.157. The summed E-state index contributed by atoms with van der Waals surface area (Å²) in [5.74, 6) is -2.58. The van der Waals surface area contributed by atoms with Crippen LogP contribution in [-0.4, -0.2) is 34.5 Å². The summed E-state index contributed by atoms with van der Waals surface area (Å²) in [7, 11) is 0. The molecular formula is C33H32F4N4O4S. The molecule has 1 heterocycles. The average molecular weight is 657 g/mol. The minimum atomic E-state index is -4.81. The highest BCUT2D eigenvalue weighted by atomic mass is 32.1. The second-order valence-corrected chi connectivity index (χ2v) is 11.5. The highest BCUT2D eigenvalue weighted by Gasteiger charge is 2.35. The van der Waals surface area contributed by atoms with E-state index in [2.05, 4.69) is 21.7 Å². The van der Waals surface area contributed by atoms with E-state index in [0.717, 1.165) is 37.3 Å². The number of carbonyl (C=O) groups is 3. The van der Waals surface area contributed by atoms with Gasteiger partial charge in [0.05, 0.1) is 28.7 Å². The number of carbonyl (C=O) groups excluding carboxylic acids is 2. The predicted molar refractivity (Wildman–Crippen MR) is 170 cm³/mol. The minimum Gasteiger partial charge on any atom is -0.481 e. The van der Waals surface area contributed by atoms with Gasteiger partial charge in [0.25, 0.3) is 5.91 Å². The van der Waals surface area contributed by atoms with E-state index in [4.69, 9.17) is 5.11 Å². The summed E-state index contributed by atoms with van der Waals surface area (Å²) < 4.78 is 54.3. The molecule has 242 valence electrons. The lowest BCUT2D eigenvalue weighted by atomic mass is 9.93. The molecule has 4 aromatic rings. The standard InChI is InChI=1S/C32H28F4N4O4S.CH4/c33-23-16-25(32(34,35)36)28-26(17-23)38-30(45-28)39-31(44)40(24-12-10-21(11-13-24)20-4-2-1-3-5-20)18-19-6-8-22(9-7-19)29(43)37-15-14-27(41)42;/h4,6-13,16-17H,1-3,5,14-15,18H2,(H,37,43)(H,41,42)(H,38,39,44);1H4.